The van der Waals surface area contributed by atoms with Gasteiger partial charge in [-0.15, -0.1) is 22.7 Å². The molecular weight excluding hydrogens is 414 g/mol. The second kappa shape index (κ2) is 9.15. The number of carbonyl (C=O) groups is 1. The number of hydrogen-bond donors (Lipinski definition) is 1. The summed E-state index contributed by atoms with van der Waals surface area (Å²) in [4.78, 5) is 20.8. The number of rotatable bonds is 6. The van der Waals surface area contributed by atoms with E-state index in [1.165, 1.54) is 16.2 Å². The summed E-state index contributed by atoms with van der Waals surface area (Å²) < 4.78 is 5.47. The zero-order valence-corrected chi connectivity index (χ0v) is 17.5. The smallest absolute Gasteiger partial charge is 0.270 e. The molecular formula is C20H20ClN3O2S2. The Bertz CT molecular complexity index is 906. The van der Waals surface area contributed by atoms with Crippen molar-refractivity contribution >= 4 is 40.2 Å². The minimum atomic E-state index is -0.147. The maximum atomic E-state index is 12.7. The molecule has 1 atom stereocenters. The van der Waals surface area contributed by atoms with Crippen LogP contribution in [0.3, 0.4) is 0 Å². The van der Waals surface area contributed by atoms with E-state index in [1.807, 2.05) is 30.3 Å². The number of thiazole rings is 1. The molecule has 1 aliphatic rings. The van der Waals surface area contributed by atoms with Crippen molar-refractivity contribution in [1.29, 1.82) is 0 Å². The SMILES string of the molecule is O=C(NCC(c1cccs1)N1CCOCC1)c1csc(-c2ccc(Cl)cc2)n1. The molecule has 3 heterocycles. The van der Waals surface area contributed by atoms with Crippen LogP contribution in [0.5, 0.6) is 0 Å². The molecule has 0 spiro atoms. The topological polar surface area (TPSA) is 54.5 Å². The average Bonchev–Trinajstić information content (AvgIpc) is 3.42. The highest BCUT2D eigenvalue weighted by Gasteiger charge is 2.24. The highest BCUT2D eigenvalue weighted by Crippen LogP contribution is 2.27. The van der Waals surface area contributed by atoms with Crippen LogP contribution >= 0.6 is 34.3 Å². The first kappa shape index (κ1) is 19.5. The van der Waals surface area contributed by atoms with Gasteiger partial charge in [-0.3, -0.25) is 9.69 Å². The number of nitrogens with zero attached hydrogens (tertiary/aromatic N) is 2. The third-order valence-electron chi connectivity index (χ3n) is 4.64. The molecule has 1 fully saturated rings. The van der Waals surface area contributed by atoms with Crippen LogP contribution in [0.1, 0.15) is 21.4 Å². The second-order valence-corrected chi connectivity index (χ2v) is 8.71. The highest BCUT2D eigenvalue weighted by atomic mass is 35.5. The molecule has 0 bridgehead atoms. The maximum Gasteiger partial charge on any atom is 0.270 e. The summed E-state index contributed by atoms with van der Waals surface area (Å²) >= 11 is 9.11. The molecule has 1 unspecified atom stereocenters. The van der Waals surface area contributed by atoms with Crippen molar-refractivity contribution in [2.24, 2.45) is 0 Å². The minimum absolute atomic E-state index is 0.147. The lowest BCUT2D eigenvalue weighted by atomic mass is 10.2. The third-order valence-corrected chi connectivity index (χ3v) is 6.76. The van der Waals surface area contributed by atoms with Crippen molar-refractivity contribution in [3.8, 4) is 10.6 Å². The number of morpholine rings is 1. The van der Waals surface area contributed by atoms with Gasteiger partial charge in [0, 0.05) is 40.5 Å². The Kier molecular flexibility index (Phi) is 6.39. The van der Waals surface area contributed by atoms with E-state index in [4.69, 9.17) is 16.3 Å². The second-order valence-electron chi connectivity index (χ2n) is 6.43. The van der Waals surface area contributed by atoms with Crippen molar-refractivity contribution < 1.29 is 9.53 Å². The first-order valence-electron chi connectivity index (χ1n) is 9.05. The number of aromatic nitrogens is 1. The van der Waals surface area contributed by atoms with Gasteiger partial charge in [-0.25, -0.2) is 4.98 Å². The summed E-state index contributed by atoms with van der Waals surface area (Å²) in [5, 5.41) is 8.43. The molecule has 4 rings (SSSR count). The molecule has 3 aromatic rings. The number of halogens is 1. The molecule has 2 aromatic heterocycles. The van der Waals surface area contributed by atoms with Gasteiger partial charge in [0.2, 0.25) is 0 Å². The first-order valence-corrected chi connectivity index (χ1v) is 11.2. The first-order chi connectivity index (χ1) is 13.7. The van der Waals surface area contributed by atoms with Gasteiger partial charge in [-0.2, -0.15) is 0 Å². The fraction of sp³-hybridized carbons (Fsp3) is 0.300. The minimum Gasteiger partial charge on any atom is -0.379 e. The molecule has 0 aliphatic carbocycles. The predicted octanol–water partition coefficient (Wildman–Crippen LogP) is 4.33. The number of nitrogens with one attached hydrogen (secondary N) is 1. The molecule has 1 N–H and O–H groups in total. The summed E-state index contributed by atoms with van der Waals surface area (Å²) in [6.45, 7) is 3.75. The zero-order valence-electron chi connectivity index (χ0n) is 15.1. The Labute approximate surface area is 176 Å². The van der Waals surface area contributed by atoms with E-state index in [0.29, 0.717) is 17.3 Å². The van der Waals surface area contributed by atoms with Gasteiger partial charge in [-0.05, 0) is 23.6 Å². The van der Waals surface area contributed by atoms with Crippen LogP contribution in [0.4, 0.5) is 0 Å². The van der Waals surface area contributed by atoms with Crippen molar-refractivity contribution in [3.05, 3.63) is 62.8 Å². The van der Waals surface area contributed by atoms with Crippen LogP contribution in [-0.2, 0) is 4.74 Å². The van der Waals surface area contributed by atoms with E-state index in [9.17, 15) is 4.79 Å². The number of thiophene rings is 1. The molecule has 0 radical (unpaired) electrons. The highest BCUT2D eigenvalue weighted by molar-refractivity contribution is 7.13. The van der Waals surface area contributed by atoms with Crippen molar-refractivity contribution in [3.63, 3.8) is 0 Å². The monoisotopic (exact) mass is 433 g/mol. The van der Waals surface area contributed by atoms with Crippen LogP contribution in [0.25, 0.3) is 10.6 Å². The molecule has 1 amide bonds. The normalized spacial score (nSPS) is 16.0. The number of benzene rings is 1. The Morgan fingerprint density at radius 3 is 2.71 bits per heavy atom. The lowest BCUT2D eigenvalue weighted by Crippen LogP contribution is -2.43. The maximum absolute atomic E-state index is 12.7. The fourth-order valence-corrected chi connectivity index (χ4v) is 4.96. The summed E-state index contributed by atoms with van der Waals surface area (Å²) in [7, 11) is 0. The predicted molar refractivity (Wildman–Crippen MR) is 114 cm³/mol. The van der Waals surface area contributed by atoms with E-state index in [-0.39, 0.29) is 11.9 Å². The van der Waals surface area contributed by atoms with Crippen LogP contribution < -0.4 is 5.32 Å². The van der Waals surface area contributed by atoms with Gasteiger partial charge < -0.3 is 10.1 Å². The van der Waals surface area contributed by atoms with Crippen LogP contribution in [0.15, 0.2) is 47.2 Å². The largest absolute Gasteiger partial charge is 0.379 e. The average molecular weight is 434 g/mol. The molecule has 1 aliphatic heterocycles. The van der Waals surface area contributed by atoms with E-state index >= 15 is 0 Å². The molecule has 8 heteroatoms. The lowest BCUT2D eigenvalue weighted by Gasteiger charge is -2.34. The Hall–Kier alpha value is -1.77. The molecule has 5 nitrogen and oxygen atoms in total. The Morgan fingerprint density at radius 1 is 1.21 bits per heavy atom. The van der Waals surface area contributed by atoms with E-state index < -0.39 is 0 Å². The molecule has 1 saturated heterocycles. The molecule has 28 heavy (non-hydrogen) atoms. The van der Waals surface area contributed by atoms with Gasteiger partial charge in [-0.1, -0.05) is 29.8 Å². The number of amides is 1. The van der Waals surface area contributed by atoms with Gasteiger partial charge in [0.05, 0.1) is 19.3 Å². The van der Waals surface area contributed by atoms with Crippen molar-refractivity contribution in [1.82, 2.24) is 15.2 Å². The zero-order chi connectivity index (χ0) is 19.3. The molecule has 1 aromatic carbocycles. The van der Waals surface area contributed by atoms with Crippen molar-refractivity contribution in [2.45, 2.75) is 6.04 Å². The number of hydrogen-bond acceptors (Lipinski definition) is 6. The van der Waals surface area contributed by atoms with E-state index in [0.717, 1.165) is 36.9 Å². The Morgan fingerprint density at radius 2 is 2.00 bits per heavy atom. The van der Waals surface area contributed by atoms with Crippen LogP contribution in [0, 0.1) is 0 Å². The third kappa shape index (κ3) is 4.61. The van der Waals surface area contributed by atoms with Crippen molar-refractivity contribution in [2.75, 3.05) is 32.8 Å². The van der Waals surface area contributed by atoms with Gasteiger partial charge in [0.25, 0.3) is 5.91 Å². The summed E-state index contributed by atoms with van der Waals surface area (Å²) in [6, 6.07) is 11.8. The summed E-state index contributed by atoms with van der Waals surface area (Å²) in [5.74, 6) is -0.147. The Balaban J connectivity index is 1.43. The lowest BCUT2D eigenvalue weighted by molar-refractivity contribution is 0.0169. The molecule has 146 valence electrons. The molecule has 0 saturated carbocycles. The van der Waals surface area contributed by atoms with Gasteiger partial charge in [0.15, 0.2) is 0 Å². The van der Waals surface area contributed by atoms with Gasteiger partial charge >= 0.3 is 0 Å². The summed E-state index contributed by atoms with van der Waals surface area (Å²) in [5.41, 5.74) is 1.40. The summed E-state index contributed by atoms with van der Waals surface area (Å²) in [6.07, 6.45) is 0. The standard InChI is InChI=1S/C20H20ClN3O2S2/c21-15-5-3-14(4-6-15)20-23-16(13-28-20)19(25)22-12-17(18-2-1-11-27-18)24-7-9-26-10-8-24/h1-6,11,13,17H,7-10,12H2,(H,22,25). The fourth-order valence-electron chi connectivity index (χ4n) is 3.16. The van der Waals surface area contributed by atoms with Crippen LogP contribution in [-0.4, -0.2) is 48.6 Å². The number of ether oxygens (including phenoxy) is 1. The number of carbonyl (C=O) groups excluding carboxylic acids is 1. The van der Waals surface area contributed by atoms with Gasteiger partial charge in [0.1, 0.15) is 10.7 Å². The van der Waals surface area contributed by atoms with Crippen LogP contribution in [0.2, 0.25) is 5.02 Å². The quantitative estimate of drug-likeness (QED) is 0.628. The van der Waals surface area contributed by atoms with E-state index in [1.54, 1.807) is 16.7 Å². The van der Waals surface area contributed by atoms with E-state index in [2.05, 4.69) is 26.6 Å².